The van der Waals surface area contributed by atoms with Crippen molar-refractivity contribution in [2.24, 2.45) is 22.7 Å². The Labute approximate surface area is 169 Å². The molecule has 1 saturated heterocycles. The van der Waals surface area contributed by atoms with Crippen LogP contribution in [0.5, 0.6) is 0 Å². The van der Waals surface area contributed by atoms with Gasteiger partial charge in [0, 0.05) is 0 Å². The van der Waals surface area contributed by atoms with Crippen molar-refractivity contribution < 1.29 is 15.2 Å². The summed E-state index contributed by atoms with van der Waals surface area (Å²) in [5.41, 5.74) is 0.203. The predicted molar refractivity (Wildman–Crippen MR) is 111 cm³/mol. The first kappa shape index (κ1) is 21.1. The summed E-state index contributed by atoms with van der Waals surface area (Å²) in [7, 11) is 4.01. The molecule has 3 aliphatic rings. The Bertz CT molecular complexity index is 640. The van der Waals surface area contributed by atoms with Crippen LogP contribution in [0.2, 0.25) is 0 Å². The molecule has 0 amide bonds. The number of thiocarbonyl (C=S) groups is 1. The molecule has 0 unspecified atom stereocenters. The minimum absolute atomic E-state index is 0.0422. The highest BCUT2D eigenvalue weighted by molar-refractivity contribution is 7.78. The third kappa shape index (κ3) is 3.70. The Morgan fingerprint density at radius 2 is 2.04 bits per heavy atom. The molecular weight excluding hydrogens is 356 g/mol. The summed E-state index contributed by atoms with van der Waals surface area (Å²) < 4.78 is 6.75. The van der Waals surface area contributed by atoms with Crippen LogP contribution in [0.25, 0.3) is 0 Å². The van der Waals surface area contributed by atoms with Crippen molar-refractivity contribution in [3.63, 3.8) is 0 Å². The number of nitrogens with zero attached hydrogens (tertiary/aromatic N) is 1. The quantitative estimate of drug-likeness (QED) is 0.334. The van der Waals surface area contributed by atoms with Crippen LogP contribution in [0.15, 0.2) is 17.1 Å². The van der Waals surface area contributed by atoms with Crippen molar-refractivity contribution in [3.8, 4) is 0 Å². The Hall–Kier alpha value is -0.580. The Morgan fingerprint density at radius 3 is 2.67 bits per heavy atom. The third-order valence-corrected chi connectivity index (χ3v) is 7.95. The molecule has 2 aliphatic carbocycles. The molecular formula is C22H36N2O2S. The number of ether oxygens (including phenoxy) is 1. The zero-order valence-corrected chi connectivity index (χ0v) is 18.1. The highest BCUT2D eigenvalue weighted by atomic mass is 32.1. The van der Waals surface area contributed by atoms with Gasteiger partial charge in [0.15, 0.2) is 0 Å². The van der Waals surface area contributed by atoms with Crippen LogP contribution in [0.3, 0.4) is 0 Å². The number of quaternary nitrogens is 1. The SMILES string of the molecule is C=C1CC[C@H]([C@@]2(C)CC[C@@H](C(C)(C)[NH2+][CH2-])O2)[C@@H]2[C@@H]1CC[C@@](C)(O)[C@@H]2N=C=S. The molecule has 1 aliphatic heterocycles. The van der Waals surface area contributed by atoms with Gasteiger partial charge >= 0.3 is 0 Å². The maximum Gasteiger partial charge on any atom is 0.110 e. The summed E-state index contributed by atoms with van der Waals surface area (Å²) in [6.07, 6.45) is 6.03. The van der Waals surface area contributed by atoms with Crippen molar-refractivity contribution in [2.45, 2.75) is 95.1 Å². The molecule has 152 valence electrons. The lowest BCUT2D eigenvalue weighted by Gasteiger charge is -2.54. The highest BCUT2D eigenvalue weighted by Gasteiger charge is 2.58. The summed E-state index contributed by atoms with van der Waals surface area (Å²) in [5, 5.41) is 15.7. The van der Waals surface area contributed by atoms with E-state index in [1.807, 2.05) is 12.2 Å². The number of hydrogen-bond donors (Lipinski definition) is 2. The smallest absolute Gasteiger partial charge is 0.110 e. The highest BCUT2D eigenvalue weighted by Crippen LogP contribution is 2.56. The summed E-state index contributed by atoms with van der Waals surface area (Å²) in [5.74, 6) is 0.927. The average Bonchev–Trinajstić information content (AvgIpc) is 3.01. The number of allylic oxidation sites excluding steroid dienone is 1. The van der Waals surface area contributed by atoms with E-state index >= 15 is 0 Å². The molecule has 0 aromatic rings. The molecule has 0 aromatic heterocycles. The number of fused-ring (bicyclic) bond motifs is 1. The van der Waals surface area contributed by atoms with Crippen LogP contribution in [0, 0.1) is 24.8 Å². The Kier molecular flexibility index (Phi) is 5.75. The summed E-state index contributed by atoms with van der Waals surface area (Å²) >= 11 is 4.95. The maximum atomic E-state index is 11.1. The van der Waals surface area contributed by atoms with Crippen molar-refractivity contribution in [2.75, 3.05) is 0 Å². The third-order valence-electron chi connectivity index (χ3n) is 7.84. The zero-order valence-electron chi connectivity index (χ0n) is 17.3. The first-order chi connectivity index (χ1) is 12.6. The number of hydrogen-bond acceptors (Lipinski definition) is 4. The molecule has 2 saturated carbocycles. The first-order valence-electron chi connectivity index (χ1n) is 10.3. The summed E-state index contributed by atoms with van der Waals surface area (Å²) in [6, 6.07) is -0.234. The molecule has 1 heterocycles. The van der Waals surface area contributed by atoms with E-state index in [0.29, 0.717) is 11.8 Å². The summed E-state index contributed by atoms with van der Waals surface area (Å²) in [4.78, 5) is 4.49. The van der Waals surface area contributed by atoms with Crippen molar-refractivity contribution in [3.05, 3.63) is 19.2 Å². The molecule has 5 heteroatoms. The number of rotatable bonds is 4. The van der Waals surface area contributed by atoms with E-state index in [0.717, 1.165) is 38.5 Å². The van der Waals surface area contributed by atoms with Crippen LogP contribution >= 0.6 is 12.2 Å². The van der Waals surface area contributed by atoms with Crippen LogP contribution in [0.1, 0.15) is 66.2 Å². The van der Waals surface area contributed by atoms with Gasteiger partial charge in [-0.05, 0) is 96.2 Å². The maximum absolute atomic E-state index is 11.1. The van der Waals surface area contributed by atoms with Gasteiger partial charge in [-0.2, -0.15) is 7.05 Å². The monoisotopic (exact) mass is 392 g/mol. The topological polar surface area (TPSA) is 58.4 Å². The molecule has 3 N–H and O–H groups in total. The molecule has 27 heavy (non-hydrogen) atoms. The number of isothiocyanates is 1. The number of nitrogens with two attached hydrogens (primary N) is 1. The molecule has 3 fully saturated rings. The standard InChI is InChI=1S/C22H36N2O2S/c1-14-7-8-16(22(5)12-10-17(26-22)20(2,3)23-6)18-15(14)9-11-21(4,25)19(18)24-13-27/h15-19,25H,1,6-12,23H2,2-5H3/t15-,16+,17+,18+,19-,21-,22-/m1/s1. The van der Waals surface area contributed by atoms with E-state index in [4.69, 9.17) is 17.0 Å². The molecule has 3 rings (SSSR count). The first-order valence-corrected chi connectivity index (χ1v) is 10.7. The zero-order chi connectivity index (χ0) is 20.0. The average molecular weight is 393 g/mol. The van der Waals surface area contributed by atoms with E-state index in [1.54, 1.807) is 0 Å². The second kappa shape index (κ2) is 7.35. The van der Waals surface area contributed by atoms with Crippen molar-refractivity contribution in [1.82, 2.24) is 0 Å². The largest absolute Gasteiger partial charge is 0.472 e. The molecule has 7 atom stereocenters. The van der Waals surface area contributed by atoms with Crippen molar-refractivity contribution in [1.29, 1.82) is 0 Å². The Morgan fingerprint density at radius 1 is 1.33 bits per heavy atom. The van der Waals surface area contributed by atoms with Gasteiger partial charge in [-0.15, -0.1) is 0 Å². The van der Waals surface area contributed by atoms with Crippen LogP contribution in [-0.4, -0.2) is 39.2 Å². The molecule has 4 nitrogen and oxygen atoms in total. The van der Waals surface area contributed by atoms with E-state index in [-0.39, 0.29) is 29.2 Å². The minimum atomic E-state index is -0.850. The lowest BCUT2D eigenvalue weighted by molar-refractivity contribution is -0.678. The fourth-order valence-electron chi connectivity index (χ4n) is 5.90. The molecule has 0 bridgehead atoms. The van der Waals surface area contributed by atoms with Crippen LogP contribution in [-0.2, 0) is 4.74 Å². The summed E-state index contributed by atoms with van der Waals surface area (Å²) in [6.45, 7) is 12.9. The molecule has 0 aromatic carbocycles. The van der Waals surface area contributed by atoms with Gasteiger partial charge in [-0.25, -0.2) is 4.99 Å². The minimum Gasteiger partial charge on any atom is -0.472 e. The van der Waals surface area contributed by atoms with Gasteiger partial charge in [0.2, 0.25) is 0 Å². The van der Waals surface area contributed by atoms with Gasteiger partial charge in [-0.1, -0.05) is 12.2 Å². The fraction of sp³-hybridized carbons (Fsp3) is 0.818. The second-order valence-corrected chi connectivity index (χ2v) is 10.2. The van der Waals surface area contributed by atoms with Crippen molar-refractivity contribution >= 4 is 17.4 Å². The van der Waals surface area contributed by atoms with E-state index < -0.39 is 5.60 Å². The van der Waals surface area contributed by atoms with Crippen LogP contribution < -0.4 is 5.32 Å². The Balaban J connectivity index is 1.94. The lowest BCUT2D eigenvalue weighted by Crippen LogP contribution is -2.92. The molecule has 0 spiro atoms. The van der Waals surface area contributed by atoms with Gasteiger partial charge in [-0.3, -0.25) is 0 Å². The number of aliphatic hydroxyl groups is 1. The normalized spacial score (nSPS) is 45.3. The van der Waals surface area contributed by atoms with Crippen LogP contribution in [0.4, 0.5) is 0 Å². The van der Waals surface area contributed by atoms with Gasteiger partial charge in [0.25, 0.3) is 0 Å². The van der Waals surface area contributed by atoms with E-state index in [1.165, 1.54) is 5.57 Å². The predicted octanol–water partition coefficient (Wildman–Crippen LogP) is 3.27. The lowest BCUT2D eigenvalue weighted by atomic mass is 9.55. The van der Waals surface area contributed by atoms with E-state index in [2.05, 4.69) is 44.6 Å². The number of aliphatic imine (C=N–C) groups is 1. The van der Waals surface area contributed by atoms with E-state index in [9.17, 15) is 5.11 Å². The second-order valence-electron chi connectivity index (χ2n) is 10.0. The van der Waals surface area contributed by atoms with Gasteiger partial charge < -0.3 is 15.2 Å². The van der Waals surface area contributed by atoms with Gasteiger partial charge in [0.1, 0.15) is 6.10 Å². The molecule has 0 radical (unpaired) electrons. The fourth-order valence-corrected chi connectivity index (χ4v) is 6.01. The van der Waals surface area contributed by atoms with Gasteiger partial charge in [0.05, 0.1) is 27.9 Å².